The number of aromatic nitrogens is 1. The molecule has 2 atom stereocenters. The van der Waals surface area contributed by atoms with Crippen LogP contribution in [0.1, 0.15) is 42.5 Å². The number of rotatable bonds is 5. The molecule has 0 bridgehead atoms. The van der Waals surface area contributed by atoms with Gasteiger partial charge in [-0.3, -0.25) is 4.98 Å². The largest absolute Gasteiger partial charge is 0.337 e. The summed E-state index contributed by atoms with van der Waals surface area (Å²) in [6.45, 7) is 6.84. The Bertz CT molecular complexity index is 642. The normalized spacial score (nSPS) is 13.2. The third kappa shape index (κ3) is 4.55. The minimum Gasteiger partial charge on any atom is -0.337 e. The van der Waals surface area contributed by atoms with E-state index in [0.717, 1.165) is 5.56 Å². The second-order valence-electron chi connectivity index (χ2n) is 6.07. The van der Waals surface area contributed by atoms with E-state index >= 15 is 0 Å². The molecular weight excluding hydrogens is 286 g/mol. The van der Waals surface area contributed by atoms with Gasteiger partial charge in [0, 0.05) is 26.0 Å². The second kappa shape index (κ2) is 7.77. The molecule has 122 valence electrons. The van der Waals surface area contributed by atoms with Crippen LogP contribution in [0.5, 0.6) is 0 Å². The van der Waals surface area contributed by atoms with Gasteiger partial charge in [-0.15, -0.1) is 0 Å². The lowest BCUT2D eigenvalue weighted by molar-refractivity contribution is 0.194. The van der Waals surface area contributed by atoms with Crippen LogP contribution in [0.15, 0.2) is 48.8 Å². The quantitative estimate of drug-likeness (QED) is 0.910. The summed E-state index contributed by atoms with van der Waals surface area (Å²) in [6.07, 6.45) is 3.49. The van der Waals surface area contributed by atoms with E-state index in [2.05, 4.69) is 48.4 Å². The Morgan fingerprint density at radius 3 is 2.52 bits per heavy atom. The zero-order chi connectivity index (χ0) is 16.8. The first-order valence-electron chi connectivity index (χ1n) is 7.96. The van der Waals surface area contributed by atoms with Gasteiger partial charge in [0.25, 0.3) is 0 Å². The number of aryl methyl sites for hydroxylation is 1. The lowest BCUT2D eigenvalue weighted by atomic mass is 9.99. The predicted molar refractivity (Wildman–Crippen MR) is 93.4 cm³/mol. The van der Waals surface area contributed by atoms with Crippen molar-refractivity contribution < 1.29 is 4.79 Å². The monoisotopic (exact) mass is 311 g/mol. The molecule has 4 nitrogen and oxygen atoms in total. The van der Waals surface area contributed by atoms with E-state index in [0.29, 0.717) is 6.54 Å². The zero-order valence-electron chi connectivity index (χ0n) is 14.3. The zero-order valence-corrected chi connectivity index (χ0v) is 14.3. The van der Waals surface area contributed by atoms with Crippen molar-refractivity contribution in [1.29, 1.82) is 0 Å². The van der Waals surface area contributed by atoms with Gasteiger partial charge in [-0.25, -0.2) is 4.79 Å². The number of nitrogens with one attached hydrogen (secondary N) is 1. The Kier molecular flexibility index (Phi) is 5.74. The van der Waals surface area contributed by atoms with Gasteiger partial charge in [0.1, 0.15) is 0 Å². The highest BCUT2D eigenvalue weighted by molar-refractivity contribution is 5.74. The third-order valence-corrected chi connectivity index (χ3v) is 4.26. The van der Waals surface area contributed by atoms with Crippen molar-refractivity contribution >= 4 is 6.03 Å². The van der Waals surface area contributed by atoms with Crippen molar-refractivity contribution in [2.45, 2.75) is 32.7 Å². The molecule has 0 unspecified atom stereocenters. The molecule has 1 N–H and O–H groups in total. The lowest BCUT2D eigenvalue weighted by Crippen LogP contribution is -2.40. The van der Waals surface area contributed by atoms with Crippen molar-refractivity contribution in [2.24, 2.45) is 0 Å². The Hall–Kier alpha value is -2.36. The van der Waals surface area contributed by atoms with Crippen LogP contribution in [0.4, 0.5) is 4.79 Å². The van der Waals surface area contributed by atoms with Gasteiger partial charge >= 0.3 is 6.03 Å². The van der Waals surface area contributed by atoms with Gasteiger partial charge < -0.3 is 10.2 Å². The first kappa shape index (κ1) is 17.0. The highest BCUT2D eigenvalue weighted by Gasteiger charge is 2.17. The average Bonchev–Trinajstić information content (AvgIpc) is 2.58. The molecule has 2 rings (SSSR count). The molecule has 0 fully saturated rings. The standard InChI is InChI=1S/C19H25N3O/c1-14-6-5-7-18(12-14)15(2)13-21-19(23)22(4)16(3)17-8-10-20-11-9-17/h5-12,15-16H,13H2,1-4H3,(H,21,23)/t15-,16-/m1/s1. The van der Waals surface area contributed by atoms with E-state index in [4.69, 9.17) is 0 Å². The molecule has 1 aromatic carbocycles. The smallest absolute Gasteiger partial charge is 0.317 e. The molecule has 0 aliphatic heterocycles. The van der Waals surface area contributed by atoms with Crippen LogP contribution in [-0.2, 0) is 0 Å². The molecule has 1 heterocycles. The summed E-state index contributed by atoms with van der Waals surface area (Å²) >= 11 is 0. The van der Waals surface area contributed by atoms with Crippen LogP contribution in [0.3, 0.4) is 0 Å². The van der Waals surface area contributed by atoms with E-state index in [1.807, 2.05) is 26.1 Å². The molecular formula is C19H25N3O. The predicted octanol–water partition coefficient (Wildman–Crippen LogP) is 3.90. The van der Waals surface area contributed by atoms with Crippen LogP contribution >= 0.6 is 0 Å². The number of hydrogen-bond donors (Lipinski definition) is 1. The fourth-order valence-corrected chi connectivity index (χ4v) is 2.50. The molecule has 0 aliphatic rings. The van der Waals surface area contributed by atoms with E-state index in [1.54, 1.807) is 17.3 Å². The Balaban J connectivity index is 1.91. The van der Waals surface area contributed by atoms with Crippen molar-refractivity contribution in [3.8, 4) is 0 Å². The van der Waals surface area contributed by atoms with Crippen LogP contribution in [-0.4, -0.2) is 29.5 Å². The topological polar surface area (TPSA) is 45.2 Å². The summed E-state index contributed by atoms with van der Waals surface area (Å²) in [5, 5.41) is 3.02. The highest BCUT2D eigenvalue weighted by Crippen LogP contribution is 2.18. The minimum absolute atomic E-state index is 0.00674. The maximum Gasteiger partial charge on any atom is 0.317 e. The number of hydrogen-bond acceptors (Lipinski definition) is 2. The Labute approximate surface area is 138 Å². The van der Waals surface area contributed by atoms with Gasteiger partial charge in [-0.05, 0) is 43.0 Å². The number of benzene rings is 1. The molecule has 23 heavy (non-hydrogen) atoms. The molecule has 0 aliphatic carbocycles. The number of pyridine rings is 1. The molecule has 0 spiro atoms. The summed E-state index contributed by atoms with van der Waals surface area (Å²) in [4.78, 5) is 18.1. The number of carbonyl (C=O) groups is 1. The molecule has 0 radical (unpaired) electrons. The number of nitrogens with zero attached hydrogens (tertiary/aromatic N) is 2. The summed E-state index contributed by atoms with van der Waals surface area (Å²) in [6, 6.07) is 12.2. The van der Waals surface area contributed by atoms with Gasteiger partial charge in [0.15, 0.2) is 0 Å². The molecule has 0 saturated heterocycles. The van der Waals surface area contributed by atoms with Gasteiger partial charge in [0.05, 0.1) is 6.04 Å². The van der Waals surface area contributed by atoms with E-state index in [-0.39, 0.29) is 18.0 Å². The summed E-state index contributed by atoms with van der Waals surface area (Å²) < 4.78 is 0. The minimum atomic E-state index is -0.0613. The summed E-state index contributed by atoms with van der Waals surface area (Å²) in [5.74, 6) is 0.281. The Morgan fingerprint density at radius 2 is 1.87 bits per heavy atom. The van der Waals surface area contributed by atoms with E-state index < -0.39 is 0 Å². The molecule has 2 aromatic rings. The van der Waals surface area contributed by atoms with Crippen LogP contribution in [0.25, 0.3) is 0 Å². The first-order valence-corrected chi connectivity index (χ1v) is 7.96. The fraction of sp³-hybridized carbons (Fsp3) is 0.368. The van der Waals surface area contributed by atoms with Crippen molar-refractivity contribution in [2.75, 3.05) is 13.6 Å². The molecule has 4 heteroatoms. The number of amides is 2. The number of urea groups is 1. The van der Waals surface area contributed by atoms with Crippen LogP contribution in [0, 0.1) is 6.92 Å². The molecule has 1 aromatic heterocycles. The highest BCUT2D eigenvalue weighted by atomic mass is 16.2. The SMILES string of the molecule is Cc1cccc([C@H](C)CNC(=O)N(C)[C@H](C)c2ccncc2)c1. The van der Waals surface area contributed by atoms with E-state index in [9.17, 15) is 4.79 Å². The van der Waals surface area contributed by atoms with Crippen molar-refractivity contribution in [1.82, 2.24) is 15.2 Å². The van der Waals surface area contributed by atoms with Gasteiger partial charge in [-0.1, -0.05) is 36.8 Å². The lowest BCUT2D eigenvalue weighted by Gasteiger charge is -2.26. The maximum absolute atomic E-state index is 12.4. The number of carbonyl (C=O) groups excluding carboxylic acids is 1. The first-order chi connectivity index (χ1) is 11.0. The third-order valence-electron chi connectivity index (χ3n) is 4.26. The fourth-order valence-electron chi connectivity index (χ4n) is 2.50. The van der Waals surface area contributed by atoms with Gasteiger partial charge in [-0.2, -0.15) is 0 Å². The Morgan fingerprint density at radius 1 is 1.17 bits per heavy atom. The van der Waals surface area contributed by atoms with E-state index in [1.165, 1.54) is 11.1 Å². The average molecular weight is 311 g/mol. The van der Waals surface area contributed by atoms with Crippen LogP contribution < -0.4 is 5.32 Å². The molecule has 0 saturated carbocycles. The van der Waals surface area contributed by atoms with Gasteiger partial charge in [0.2, 0.25) is 0 Å². The summed E-state index contributed by atoms with van der Waals surface area (Å²) in [5.41, 5.74) is 3.56. The van der Waals surface area contributed by atoms with Crippen molar-refractivity contribution in [3.63, 3.8) is 0 Å². The second-order valence-corrected chi connectivity index (χ2v) is 6.07. The summed E-state index contributed by atoms with van der Waals surface area (Å²) in [7, 11) is 1.82. The van der Waals surface area contributed by atoms with Crippen molar-refractivity contribution in [3.05, 3.63) is 65.5 Å². The van der Waals surface area contributed by atoms with Crippen LogP contribution in [0.2, 0.25) is 0 Å². The molecule has 2 amide bonds. The maximum atomic E-state index is 12.4.